The van der Waals surface area contributed by atoms with Gasteiger partial charge >= 0.3 is 5.97 Å². The lowest BCUT2D eigenvalue weighted by molar-refractivity contribution is -0.150. The van der Waals surface area contributed by atoms with E-state index in [1.54, 1.807) is 13.0 Å². The molecule has 164 valence electrons. The molecule has 1 heterocycles. The monoisotopic (exact) mass is 433 g/mol. The van der Waals surface area contributed by atoms with Crippen molar-refractivity contribution in [3.05, 3.63) is 33.7 Å². The molecule has 1 N–H and O–H groups in total. The highest BCUT2D eigenvalue weighted by Gasteiger charge is 2.41. The van der Waals surface area contributed by atoms with Crippen molar-refractivity contribution < 1.29 is 24.2 Å². The molecule has 1 fully saturated rings. The Labute approximate surface area is 182 Å². The Hall–Kier alpha value is -2.28. The molecular weight excluding hydrogens is 402 g/mol. The molecule has 1 aromatic rings. The molecule has 30 heavy (non-hydrogen) atoms. The summed E-state index contributed by atoms with van der Waals surface area (Å²) in [5, 5.41) is 10.4. The molecule has 2 amide bonds. The van der Waals surface area contributed by atoms with Crippen LogP contribution in [0.25, 0.3) is 6.08 Å². The molecule has 0 radical (unpaired) electrons. The van der Waals surface area contributed by atoms with E-state index >= 15 is 0 Å². The summed E-state index contributed by atoms with van der Waals surface area (Å²) in [6, 6.07) is 2.69. The Balaban J connectivity index is 2.52. The van der Waals surface area contributed by atoms with Crippen LogP contribution in [0.5, 0.6) is 5.75 Å². The minimum absolute atomic E-state index is 0.175. The third-order valence-electron chi connectivity index (χ3n) is 4.88. The number of rotatable bonds is 4. The molecule has 0 bridgehead atoms. The maximum Gasteiger partial charge on any atom is 0.329 e. The molecule has 2 rings (SSSR count). The first-order chi connectivity index (χ1) is 13.7. The molecule has 0 aromatic heterocycles. The molecule has 0 aliphatic carbocycles. The topological polar surface area (TPSA) is 83.9 Å². The fourth-order valence-corrected chi connectivity index (χ4v) is 4.13. The second kappa shape index (κ2) is 8.46. The maximum atomic E-state index is 12.9. The number of carbonyl (C=O) groups excluding carboxylic acids is 3. The highest BCUT2D eigenvalue weighted by atomic mass is 32.2. The minimum Gasteiger partial charge on any atom is -0.507 e. The molecule has 1 aliphatic rings. The van der Waals surface area contributed by atoms with Gasteiger partial charge in [0.1, 0.15) is 11.8 Å². The van der Waals surface area contributed by atoms with E-state index in [1.807, 2.05) is 53.7 Å². The van der Waals surface area contributed by atoms with Gasteiger partial charge in [-0.05, 0) is 60.2 Å². The molecule has 0 saturated carbocycles. The fraction of sp³-hybridized carbons (Fsp3) is 0.522. The summed E-state index contributed by atoms with van der Waals surface area (Å²) in [5.41, 5.74) is 1.62. The summed E-state index contributed by atoms with van der Waals surface area (Å²) in [4.78, 5) is 38.5. The predicted molar refractivity (Wildman–Crippen MR) is 119 cm³/mol. The van der Waals surface area contributed by atoms with Crippen molar-refractivity contribution in [2.45, 2.75) is 72.3 Å². The lowest BCUT2D eigenvalue weighted by Crippen LogP contribution is -2.42. The van der Waals surface area contributed by atoms with Gasteiger partial charge in [0.15, 0.2) is 0 Å². The van der Waals surface area contributed by atoms with E-state index in [0.717, 1.165) is 33.4 Å². The number of hydrogen-bond acceptors (Lipinski definition) is 6. The van der Waals surface area contributed by atoms with E-state index in [0.29, 0.717) is 0 Å². The van der Waals surface area contributed by atoms with Gasteiger partial charge in [-0.25, -0.2) is 4.79 Å². The number of benzene rings is 1. The first-order valence-electron chi connectivity index (χ1n) is 10.00. The number of esters is 1. The Morgan fingerprint density at radius 2 is 1.63 bits per heavy atom. The fourth-order valence-electron chi connectivity index (χ4n) is 3.22. The zero-order chi connectivity index (χ0) is 23.0. The van der Waals surface area contributed by atoms with Crippen LogP contribution in [0.15, 0.2) is 17.0 Å². The van der Waals surface area contributed by atoms with E-state index in [1.165, 1.54) is 6.92 Å². The van der Waals surface area contributed by atoms with E-state index in [-0.39, 0.29) is 28.1 Å². The van der Waals surface area contributed by atoms with Gasteiger partial charge in [-0.1, -0.05) is 41.5 Å². The van der Waals surface area contributed by atoms with Crippen LogP contribution in [0.2, 0.25) is 0 Å². The zero-order valence-corrected chi connectivity index (χ0v) is 19.8. The molecule has 1 atom stereocenters. The number of imide groups is 1. The van der Waals surface area contributed by atoms with Gasteiger partial charge in [0.25, 0.3) is 11.1 Å². The Morgan fingerprint density at radius 3 is 2.07 bits per heavy atom. The van der Waals surface area contributed by atoms with Crippen LogP contribution in [0.4, 0.5) is 4.79 Å². The lowest BCUT2D eigenvalue weighted by Gasteiger charge is -2.28. The van der Waals surface area contributed by atoms with Crippen LogP contribution in [0.3, 0.4) is 0 Å². The molecule has 1 aromatic carbocycles. The van der Waals surface area contributed by atoms with Crippen molar-refractivity contribution in [1.82, 2.24) is 4.90 Å². The van der Waals surface area contributed by atoms with E-state index in [9.17, 15) is 19.5 Å². The average molecular weight is 434 g/mol. The lowest BCUT2D eigenvalue weighted by atomic mass is 9.78. The number of aromatic hydroxyl groups is 1. The molecule has 0 spiro atoms. The normalized spacial score (nSPS) is 17.6. The molecule has 6 nitrogen and oxygen atoms in total. The number of amides is 2. The summed E-state index contributed by atoms with van der Waals surface area (Å²) in [6.07, 6.45) is 1.65. The minimum atomic E-state index is -0.988. The van der Waals surface area contributed by atoms with Crippen molar-refractivity contribution in [3.8, 4) is 5.75 Å². The van der Waals surface area contributed by atoms with Crippen LogP contribution in [-0.2, 0) is 25.2 Å². The molecule has 1 aliphatic heterocycles. The highest BCUT2D eigenvalue weighted by Crippen LogP contribution is 2.41. The standard InChI is InChI=1S/C23H31NO5S/c1-9-29-20(27)13(2)24-19(26)17(30-21(24)28)12-14-10-15(22(3,4)5)18(25)16(11-14)23(6,7)8/h10-13,25H,9H2,1-8H3/b17-12+. The first kappa shape index (κ1) is 24.0. The second-order valence-corrected chi connectivity index (χ2v) is 10.4. The van der Waals surface area contributed by atoms with Crippen LogP contribution < -0.4 is 0 Å². The van der Waals surface area contributed by atoms with Gasteiger partial charge in [-0.15, -0.1) is 0 Å². The third kappa shape index (κ3) is 4.89. The van der Waals surface area contributed by atoms with Crippen LogP contribution in [0, 0.1) is 0 Å². The molecule has 1 unspecified atom stereocenters. The van der Waals surface area contributed by atoms with Gasteiger partial charge in [-0.2, -0.15) is 0 Å². The maximum absolute atomic E-state index is 12.9. The number of nitrogens with zero attached hydrogens (tertiary/aromatic N) is 1. The number of hydrogen-bond donors (Lipinski definition) is 1. The van der Waals surface area contributed by atoms with Gasteiger partial charge in [0.2, 0.25) is 0 Å². The van der Waals surface area contributed by atoms with E-state index < -0.39 is 23.2 Å². The number of carbonyl (C=O) groups is 3. The van der Waals surface area contributed by atoms with Crippen molar-refractivity contribution in [2.75, 3.05) is 6.61 Å². The zero-order valence-electron chi connectivity index (χ0n) is 19.0. The van der Waals surface area contributed by atoms with Crippen LogP contribution in [-0.4, -0.2) is 39.8 Å². The van der Waals surface area contributed by atoms with Crippen LogP contribution in [0.1, 0.15) is 72.1 Å². The Kier molecular flexibility index (Phi) is 6.76. The summed E-state index contributed by atoms with van der Waals surface area (Å²) in [7, 11) is 0. The quantitative estimate of drug-likeness (QED) is 0.533. The molecule has 1 saturated heterocycles. The average Bonchev–Trinajstić information content (AvgIpc) is 2.87. The van der Waals surface area contributed by atoms with Gasteiger partial charge in [-0.3, -0.25) is 14.5 Å². The Bertz CT molecular complexity index is 870. The molecule has 7 heteroatoms. The van der Waals surface area contributed by atoms with Crippen molar-refractivity contribution in [1.29, 1.82) is 0 Å². The molecular formula is C23H31NO5S. The van der Waals surface area contributed by atoms with Crippen molar-refractivity contribution in [2.24, 2.45) is 0 Å². The third-order valence-corrected chi connectivity index (χ3v) is 5.77. The second-order valence-electron chi connectivity index (χ2n) is 9.44. The SMILES string of the molecule is CCOC(=O)C(C)N1C(=O)S/C(=C/c2cc(C(C)(C)C)c(O)c(C(C)(C)C)c2)C1=O. The van der Waals surface area contributed by atoms with Gasteiger partial charge < -0.3 is 9.84 Å². The van der Waals surface area contributed by atoms with Crippen LogP contribution >= 0.6 is 11.8 Å². The first-order valence-corrected chi connectivity index (χ1v) is 10.8. The Morgan fingerprint density at radius 1 is 1.13 bits per heavy atom. The summed E-state index contributed by atoms with van der Waals surface area (Å²) >= 11 is 0.800. The summed E-state index contributed by atoms with van der Waals surface area (Å²) in [6.45, 7) is 15.4. The van der Waals surface area contributed by atoms with Gasteiger partial charge in [0.05, 0.1) is 11.5 Å². The van der Waals surface area contributed by atoms with Crippen molar-refractivity contribution in [3.63, 3.8) is 0 Å². The number of ether oxygens (including phenoxy) is 1. The summed E-state index contributed by atoms with van der Waals surface area (Å²) < 4.78 is 4.94. The smallest absolute Gasteiger partial charge is 0.329 e. The summed E-state index contributed by atoms with van der Waals surface area (Å²) in [5.74, 6) is -0.889. The number of phenols is 1. The van der Waals surface area contributed by atoms with Gasteiger partial charge in [0, 0.05) is 11.1 Å². The van der Waals surface area contributed by atoms with E-state index in [2.05, 4.69) is 0 Å². The van der Waals surface area contributed by atoms with E-state index in [4.69, 9.17) is 4.74 Å². The van der Waals surface area contributed by atoms with Crippen molar-refractivity contribution >= 4 is 35.0 Å². The number of phenolic OH excluding ortho intramolecular Hbond substituents is 1. The number of thioether (sulfide) groups is 1. The predicted octanol–water partition coefficient (Wildman–Crippen LogP) is 4.98. The largest absolute Gasteiger partial charge is 0.507 e. The highest BCUT2D eigenvalue weighted by molar-refractivity contribution is 8.18.